The Morgan fingerprint density at radius 2 is 2.14 bits per heavy atom. The van der Waals surface area contributed by atoms with Crippen LogP contribution in [0.15, 0.2) is 26.8 Å². The van der Waals surface area contributed by atoms with Crippen molar-refractivity contribution >= 4 is 29.9 Å². The monoisotopic (exact) mass is 231 g/mol. The largest absolute Gasteiger partial charge is 0.252 e. The molecular formula is C11H15Cl2N. The van der Waals surface area contributed by atoms with Gasteiger partial charge in [-0.05, 0) is 37.6 Å². The number of aliphatic imine (C=N–C) groups is 1. The van der Waals surface area contributed by atoms with Crippen LogP contribution in [0.2, 0.25) is 0 Å². The van der Waals surface area contributed by atoms with Crippen LogP contribution >= 0.6 is 23.2 Å². The SMILES string of the molecule is C=N/C(Cl)=C\C(CC1CCC1)=C(/C)Cl. The molecule has 0 aromatic carbocycles. The summed E-state index contributed by atoms with van der Waals surface area (Å²) in [5, 5.41) is 1.22. The molecular weight excluding hydrogens is 217 g/mol. The Hall–Kier alpha value is -0.270. The van der Waals surface area contributed by atoms with Gasteiger partial charge in [-0.3, -0.25) is 4.99 Å². The average molecular weight is 232 g/mol. The van der Waals surface area contributed by atoms with Gasteiger partial charge in [-0.15, -0.1) is 0 Å². The van der Waals surface area contributed by atoms with Crippen LogP contribution in [0.25, 0.3) is 0 Å². The summed E-state index contributed by atoms with van der Waals surface area (Å²) in [6.07, 6.45) is 6.79. The molecule has 14 heavy (non-hydrogen) atoms. The topological polar surface area (TPSA) is 12.4 Å². The Labute approximate surface area is 95.5 Å². The lowest BCUT2D eigenvalue weighted by Crippen LogP contribution is -2.11. The minimum Gasteiger partial charge on any atom is -0.252 e. The van der Waals surface area contributed by atoms with Gasteiger partial charge in [0.15, 0.2) is 0 Å². The standard InChI is InChI=1S/C11H15Cl2N/c1-8(12)10(7-11(13)14-2)6-9-4-3-5-9/h7,9H,2-6H2,1H3/b10-8+,11-7-. The summed E-state index contributed by atoms with van der Waals surface area (Å²) in [7, 11) is 0. The number of allylic oxidation sites excluding steroid dienone is 3. The van der Waals surface area contributed by atoms with Crippen LogP contribution in [0.4, 0.5) is 0 Å². The molecule has 1 aliphatic carbocycles. The zero-order valence-corrected chi connectivity index (χ0v) is 9.91. The van der Waals surface area contributed by atoms with Crippen LogP contribution in [0.3, 0.4) is 0 Å². The molecule has 0 heterocycles. The molecule has 3 heteroatoms. The first-order valence-electron chi connectivity index (χ1n) is 4.82. The summed E-state index contributed by atoms with van der Waals surface area (Å²) in [5.41, 5.74) is 1.09. The Morgan fingerprint density at radius 3 is 2.50 bits per heavy atom. The zero-order valence-electron chi connectivity index (χ0n) is 8.39. The zero-order chi connectivity index (χ0) is 10.6. The summed E-state index contributed by atoms with van der Waals surface area (Å²) >= 11 is 11.8. The highest BCUT2D eigenvalue weighted by Crippen LogP contribution is 2.34. The van der Waals surface area contributed by atoms with Gasteiger partial charge in [0.25, 0.3) is 0 Å². The number of hydrogen-bond donors (Lipinski definition) is 0. The first-order chi connectivity index (χ1) is 6.63. The fourth-order valence-corrected chi connectivity index (χ4v) is 1.76. The molecule has 0 spiro atoms. The molecule has 0 aliphatic heterocycles. The van der Waals surface area contributed by atoms with Crippen molar-refractivity contribution in [2.24, 2.45) is 10.9 Å². The van der Waals surface area contributed by atoms with E-state index in [1.54, 1.807) is 0 Å². The van der Waals surface area contributed by atoms with Crippen molar-refractivity contribution in [1.82, 2.24) is 0 Å². The van der Waals surface area contributed by atoms with Crippen LogP contribution < -0.4 is 0 Å². The van der Waals surface area contributed by atoms with E-state index in [1.165, 1.54) is 19.3 Å². The van der Waals surface area contributed by atoms with Crippen molar-refractivity contribution in [3.8, 4) is 0 Å². The van der Waals surface area contributed by atoms with E-state index in [2.05, 4.69) is 11.7 Å². The van der Waals surface area contributed by atoms with Gasteiger partial charge < -0.3 is 0 Å². The van der Waals surface area contributed by atoms with Gasteiger partial charge in [0, 0.05) is 5.03 Å². The van der Waals surface area contributed by atoms with Crippen LogP contribution in [-0.2, 0) is 0 Å². The normalized spacial score (nSPS) is 20.1. The van der Waals surface area contributed by atoms with E-state index in [0.29, 0.717) is 5.16 Å². The van der Waals surface area contributed by atoms with E-state index < -0.39 is 0 Å². The highest BCUT2D eigenvalue weighted by Gasteiger charge is 2.18. The van der Waals surface area contributed by atoms with Crippen molar-refractivity contribution in [3.63, 3.8) is 0 Å². The molecule has 1 aliphatic rings. The first kappa shape index (κ1) is 11.8. The summed E-state index contributed by atoms with van der Waals surface area (Å²) in [5.74, 6) is 0.782. The smallest absolute Gasteiger partial charge is 0.128 e. The molecule has 0 aromatic rings. The van der Waals surface area contributed by atoms with Gasteiger partial charge in [0.2, 0.25) is 0 Å². The number of halogens is 2. The van der Waals surface area contributed by atoms with Gasteiger partial charge in [-0.25, -0.2) is 0 Å². The molecule has 78 valence electrons. The molecule has 0 N–H and O–H groups in total. The lowest BCUT2D eigenvalue weighted by atomic mass is 9.81. The third kappa shape index (κ3) is 3.47. The first-order valence-corrected chi connectivity index (χ1v) is 5.58. The Morgan fingerprint density at radius 1 is 1.50 bits per heavy atom. The lowest BCUT2D eigenvalue weighted by Gasteiger charge is -2.25. The molecule has 0 bridgehead atoms. The molecule has 1 saturated carbocycles. The van der Waals surface area contributed by atoms with Gasteiger partial charge >= 0.3 is 0 Å². The molecule has 1 fully saturated rings. The van der Waals surface area contributed by atoms with Gasteiger partial charge in [0.05, 0.1) is 0 Å². The van der Waals surface area contributed by atoms with Crippen molar-refractivity contribution in [1.29, 1.82) is 0 Å². The summed E-state index contributed by atoms with van der Waals surface area (Å²) in [6.45, 7) is 5.26. The molecule has 0 amide bonds. The van der Waals surface area contributed by atoms with E-state index in [-0.39, 0.29) is 0 Å². The highest BCUT2D eigenvalue weighted by molar-refractivity contribution is 6.31. The van der Waals surface area contributed by atoms with Crippen LogP contribution in [-0.4, -0.2) is 6.72 Å². The van der Waals surface area contributed by atoms with E-state index in [4.69, 9.17) is 23.2 Å². The molecule has 0 aromatic heterocycles. The Balaban J connectivity index is 2.65. The van der Waals surface area contributed by atoms with E-state index in [9.17, 15) is 0 Å². The molecule has 1 nitrogen and oxygen atoms in total. The lowest BCUT2D eigenvalue weighted by molar-refractivity contribution is 0.315. The maximum absolute atomic E-state index is 5.98. The minimum absolute atomic E-state index is 0.416. The van der Waals surface area contributed by atoms with Crippen molar-refractivity contribution in [2.75, 3.05) is 0 Å². The average Bonchev–Trinajstić information content (AvgIpc) is 2.08. The second-order valence-corrected chi connectivity index (χ2v) is 4.64. The van der Waals surface area contributed by atoms with E-state index in [1.807, 2.05) is 13.0 Å². The van der Waals surface area contributed by atoms with Crippen molar-refractivity contribution in [2.45, 2.75) is 32.6 Å². The van der Waals surface area contributed by atoms with Crippen molar-refractivity contribution in [3.05, 3.63) is 21.8 Å². The van der Waals surface area contributed by atoms with E-state index >= 15 is 0 Å². The highest BCUT2D eigenvalue weighted by atomic mass is 35.5. The molecule has 0 radical (unpaired) electrons. The third-order valence-electron chi connectivity index (χ3n) is 2.62. The summed E-state index contributed by atoms with van der Waals surface area (Å²) in [4.78, 5) is 3.65. The maximum atomic E-state index is 5.98. The quantitative estimate of drug-likeness (QED) is 0.385. The van der Waals surface area contributed by atoms with Gasteiger partial charge in [-0.2, -0.15) is 0 Å². The number of nitrogens with zero attached hydrogens (tertiary/aromatic N) is 1. The second kappa shape index (κ2) is 5.57. The van der Waals surface area contributed by atoms with Gasteiger partial charge in [-0.1, -0.05) is 42.5 Å². The summed E-state index contributed by atoms with van der Waals surface area (Å²) < 4.78 is 0. The fraction of sp³-hybridized carbons (Fsp3) is 0.545. The summed E-state index contributed by atoms with van der Waals surface area (Å²) in [6, 6.07) is 0. The molecule has 0 saturated heterocycles. The predicted octanol–water partition coefficient (Wildman–Crippen LogP) is 4.47. The van der Waals surface area contributed by atoms with Crippen LogP contribution in [0.5, 0.6) is 0 Å². The number of hydrogen-bond acceptors (Lipinski definition) is 1. The van der Waals surface area contributed by atoms with Gasteiger partial charge in [0.1, 0.15) is 5.16 Å². The molecule has 1 rings (SSSR count). The second-order valence-electron chi connectivity index (χ2n) is 3.68. The fourth-order valence-electron chi connectivity index (χ4n) is 1.50. The maximum Gasteiger partial charge on any atom is 0.128 e. The predicted molar refractivity (Wildman–Crippen MR) is 64.0 cm³/mol. The third-order valence-corrected chi connectivity index (χ3v) is 3.09. The minimum atomic E-state index is 0.416. The Kier molecular flexibility index (Phi) is 4.70. The molecule has 0 atom stereocenters. The van der Waals surface area contributed by atoms with Crippen LogP contribution in [0.1, 0.15) is 32.6 Å². The number of rotatable bonds is 4. The molecule has 0 unspecified atom stereocenters. The Bertz CT molecular complexity index is 271. The van der Waals surface area contributed by atoms with Crippen molar-refractivity contribution < 1.29 is 0 Å². The van der Waals surface area contributed by atoms with Crippen LogP contribution in [0, 0.1) is 5.92 Å². The van der Waals surface area contributed by atoms with E-state index in [0.717, 1.165) is 22.9 Å².